The lowest BCUT2D eigenvalue weighted by Gasteiger charge is -2.22. The van der Waals surface area contributed by atoms with E-state index < -0.39 is 41.3 Å². The number of nitrogens with zero attached hydrogens (tertiary/aromatic N) is 1. The fourth-order valence-electron chi connectivity index (χ4n) is 3.41. The predicted octanol–water partition coefficient (Wildman–Crippen LogP) is 5.46. The van der Waals surface area contributed by atoms with Gasteiger partial charge in [0.2, 0.25) is 11.7 Å². The number of amides is 1. The van der Waals surface area contributed by atoms with Crippen molar-refractivity contribution in [1.82, 2.24) is 4.90 Å². The Morgan fingerprint density at radius 3 is 2.34 bits per heavy atom. The van der Waals surface area contributed by atoms with Crippen molar-refractivity contribution in [3.8, 4) is 0 Å². The molecule has 3 aromatic carbocycles. The monoisotopic (exact) mass is 479 g/mol. The van der Waals surface area contributed by atoms with Gasteiger partial charge < -0.3 is 9.64 Å². The Morgan fingerprint density at radius 2 is 1.66 bits per heavy atom. The number of hydrogen-bond donors (Lipinski definition) is 0. The summed E-state index contributed by atoms with van der Waals surface area (Å²) in [5.41, 5.74) is 0.125. The number of hydrogen-bond acceptors (Lipinski definition) is 4. The Morgan fingerprint density at radius 1 is 0.943 bits per heavy atom. The number of halogens is 2. The summed E-state index contributed by atoms with van der Waals surface area (Å²) in [7, 11) is 0. The van der Waals surface area contributed by atoms with Crippen LogP contribution in [0, 0.1) is 11.6 Å². The minimum atomic E-state index is -1.07. The first-order chi connectivity index (χ1) is 16.5. The number of ether oxygens (including phenoxy) is 1. The molecule has 7 heteroatoms. The zero-order chi connectivity index (χ0) is 25.6. The molecule has 1 amide bonds. The fourth-order valence-corrected chi connectivity index (χ4v) is 3.41. The fraction of sp³-hybridized carbons (Fsp3) is 0.250. The number of rotatable bonds is 8. The SMILES string of the molecule is CC(C)(C)OC(=O)C(=O)CC(=O)N(C/C=C/c1ccc(F)cc1F)Cc1ccc2ccccc2c1. The first kappa shape index (κ1) is 25.7. The Kier molecular flexibility index (Phi) is 8.12. The molecule has 182 valence electrons. The van der Waals surface area contributed by atoms with Crippen LogP contribution in [0.15, 0.2) is 66.7 Å². The highest BCUT2D eigenvalue weighted by Crippen LogP contribution is 2.18. The molecular weight excluding hydrogens is 452 g/mol. The second-order valence-electron chi connectivity index (χ2n) is 9.13. The van der Waals surface area contributed by atoms with Crippen LogP contribution >= 0.6 is 0 Å². The Bertz CT molecular complexity index is 1280. The van der Waals surface area contributed by atoms with Gasteiger partial charge in [-0.05, 0) is 55.3 Å². The number of carbonyl (C=O) groups excluding carboxylic acids is 3. The number of carbonyl (C=O) groups is 3. The van der Waals surface area contributed by atoms with Crippen molar-refractivity contribution in [3.05, 3.63) is 89.5 Å². The molecule has 3 aromatic rings. The molecule has 0 heterocycles. The summed E-state index contributed by atoms with van der Waals surface area (Å²) < 4.78 is 32.2. The van der Waals surface area contributed by atoms with Gasteiger partial charge in [-0.15, -0.1) is 0 Å². The normalized spacial score (nSPS) is 11.6. The van der Waals surface area contributed by atoms with Crippen molar-refractivity contribution < 1.29 is 27.9 Å². The van der Waals surface area contributed by atoms with Crippen LogP contribution in [-0.4, -0.2) is 34.7 Å². The van der Waals surface area contributed by atoms with E-state index in [-0.39, 0.29) is 18.7 Å². The average molecular weight is 480 g/mol. The van der Waals surface area contributed by atoms with Gasteiger partial charge in [-0.25, -0.2) is 13.6 Å². The summed E-state index contributed by atoms with van der Waals surface area (Å²) in [6.45, 7) is 5.10. The average Bonchev–Trinajstić information content (AvgIpc) is 2.78. The van der Waals surface area contributed by atoms with E-state index in [1.165, 1.54) is 17.0 Å². The van der Waals surface area contributed by atoms with Crippen molar-refractivity contribution in [2.75, 3.05) is 6.54 Å². The Hall–Kier alpha value is -3.87. The molecule has 0 fully saturated rings. The van der Waals surface area contributed by atoms with Crippen LogP contribution in [0.2, 0.25) is 0 Å². The largest absolute Gasteiger partial charge is 0.454 e. The van der Waals surface area contributed by atoms with Gasteiger partial charge in [0, 0.05) is 24.7 Å². The van der Waals surface area contributed by atoms with E-state index in [4.69, 9.17) is 4.74 Å². The summed E-state index contributed by atoms with van der Waals surface area (Å²) in [4.78, 5) is 38.7. The predicted molar refractivity (Wildman–Crippen MR) is 130 cm³/mol. The van der Waals surface area contributed by atoms with Crippen LogP contribution < -0.4 is 0 Å². The van der Waals surface area contributed by atoms with E-state index in [2.05, 4.69) is 0 Å². The molecule has 0 aliphatic rings. The van der Waals surface area contributed by atoms with Gasteiger partial charge in [-0.3, -0.25) is 9.59 Å². The molecule has 0 aliphatic carbocycles. The third-order valence-corrected chi connectivity index (χ3v) is 5.06. The number of benzene rings is 3. The van der Waals surface area contributed by atoms with Gasteiger partial charge in [0.15, 0.2) is 0 Å². The molecule has 0 N–H and O–H groups in total. The lowest BCUT2D eigenvalue weighted by atomic mass is 10.1. The van der Waals surface area contributed by atoms with Crippen molar-refractivity contribution >= 4 is 34.5 Å². The van der Waals surface area contributed by atoms with Crippen LogP contribution in [0.4, 0.5) is 8.78 Å². The molecule has 0 saturated carbocycles. The molecular formula is C28H27F2NO4. The number of ketones is 1. The zero-order valence-electron chi connectivity index (χ0n) is 19.9. The summed E-state index contributed by atoms with van der Waals surface area (Å²) in [6.07, 6.45) is 2.33. The molecule has 0 radical (unpaired) electrons. The standard InChI is InChI=1S/C28H27F2NO4/c1-28(2,3)35-27(34)25(32)17-26(33)31(14-6-9-21-12-13-23(29)16-24(21)30)18-19-10-11-20-7-4-5-8-22(20)15-19/h4-13,15-16H,14,17-18H2,1-3H3/b9-6+. The van der Waals surface area contributed by atoms with Crippen LogP contribution in [-0.2, 0) is 25.7 Å². The number of fused-ring (bicyclic) bond motifs is 1. The highest BCUT2D eigenvalue weighted by atomic mass is 19.1. The second kappa shape index (κ2) is 11.0. The molecule has 0 saturated heterocycles. The van der Waals surface area contributed by atoms with Crippen LogP contribution in [0.1, 0.15) is 38.3 Å². The first-order valence-corrected chi connectivity index (χ1v) is 11.1. The van der Waals surface area contributed by atoms with Crippen molar-refractivity contribution in [2.45, 2.75) is 39.3 Å². The molecule has 0 aromatic heterocycles. The lowest BCUT2D eigenvalue weighted by Crippen LogP contribution is -2.35. The zero-order valence-corrected chi connectivity index (χ0v) is 19.9. The van der Waals surface area contributed by atoms with Gasteiger partial charge in [-0.1, -0.05) is 48.6 Å². The Balaban J connectivity index is 1.79. The van der Waals surface area contributed by atoms with Crippen molar-refractivity contribution in [1.29, 1.82) is 0 Å². The minimum absolute atomic E-state index is 0.0457. The number of Topliss-reactive ketones (excluding diaryl/α,β-unsaturated/α-hetero) is 1. The second-order valence-corrected chi connectivity index (χ2v) is 9.13. The van der Waals surface area contributed by atoms with E-state index in [0.29, 0.717) is 0 Å². The molecule has 0 aliphatic heterocycles. The summed E-state index contributed by atoms with van der Waals surface area (Å²) >= 11 is 0. The quantitative estimate of drug-likeness (QED) is 0.245. The topological polar surface area (TPSA) is 63.7 Å². The van der Waals surface area contributed by atoms with Gasteiger partial charge in [0.25, 0.3) is 0 Å². The minimum Gasteiger partial charge on any atom is -0.454 e. The highest BCUT2D eigenvalue weighted by Gasteiger charge is 2.26. The smallest absolute Gasteiger partial charge is 0.375 e. The molecule has 3 rings (SSSR count). The maximum Gasteiger partial charge on any atom is 0.375 e. The third kappa shape index (κ3) is 7.57. The van der Waals surface area contributed by atoms with Crippen molar-refractivity contribution in [2.24, 2.45) is 0 Å². The Labute approximate surface area is 203 Å². The van der Waals surface area contributed by atoms with Gasteiger partial charge in [0.1, 0.15) is 17.2 Å². The van der Waals surface area contributed by atoms with Crippen molar-refractivity contribution in [3.63, 3.8) is 0 Å². The highest BCUT2D eigenvalue weighted by molar-refractivity contribution is 6.37. The first-order valence-electron chi connectivity index (χ1n) is 11.1. The maximum atomic E-state index is 14.0. The van der Waals surface area contributed by atoms with Gasteiger partial charge in [0.05, 0.1) is 6.42 Å². The van der Waals surface area contributed by atoms with Crippen LogP contribution in [0.3, 0.4) is 0 Å². The molecule has 35 heavy (non-hydrogen) atoms. The van der Waals surface area contributed by atoms with Gasteiger partial charge >= 0.3 is 5.97 Å². The molecule has 0 spiro atoms. The summed E-state index contributed by atoms with van der Waals surface area (Å²) in [5, 5.41) is 2.03. The summed E-state index contributed by atoms with van der Waals surface area (Å²) in [6, 6.07) is 16.7. The number of esters is 1. The van der Waals surface area contributed by atoms with Crippen LogP contribution in [0.5, 0.6) is 0 Å². The van der Waals surface area contributed by atoms with Gasteiger partial charge in [-0.2, -0.15) is 0 Å². The van der Waals surface area contributed by atoms with E-state index in [9.17, 15) is 23.2 Å². The molecule has 0 bridgehead atoms. The van der Waals surface area contributed by atoms with E-state index in [1.54, 1.807) is 26.8 Å². The third-order valence-electron chi connectivity index (χ3n) is 5.06. The maximum absolute atomic E-state index is 14.0. The van der Waals surface area contributed by atoms with E-state index in [0.717, 1.165) is 28.5 Å². The van der Waals surface area contributed by atoms with E-state index in [1.807, 2.05) is 42.5 Å². The summed E-state index contributed by atoms with van der Waals surface area (Å²) in [5.74, 6) is -4.00. The molecule has 0 unspecified atom stereocenters. The lowest BCUT2D eigenvalue weighted by molar-refractivity contribution is -0.163. The van der Waals surface area contributed by atoms with E-state index >= 15 is 0 Å². The van der Waals surface area contributed by atoms with Crippen LogP contribution in [0.25, 0.3) is 16.8 Å². The molecule has 5 nitrogen and oxygen atoms in total. The molecule has 0 atom stereocenters.